The Labute approximate surface area is 101 Å². The first-order chi connectivity index (χ1) is 7.11. The van der Waals surface area contributed by atoms with Gasteiger partial charge in [-0.3, -0.25) is 4.90 Å². The fourth-order valence-electron chi connectivity index (χ4n) is 2.44. The molecule has 1 aliphatic carbocycles. The predicted octanol–water partition coefficient (Wildman–Crippen LogP) is 2.80. The molecule has 0 bridgehead atoms. The zero-order chi connectivity index (χ0) is 10.9. The van der Waals surface area contributed by atoms with E-state index in [9.17, 15) is 0 Å². The van der Waals surface area contributed by atoms with E-state index in [2.05, 4.69) is 34.7 Å². The lowest BCUT2D eigenvalue weighted by Gasteiger charge is -2.26. The Morgan fingerprint density at radius 3 is 2.53 bits per heavy atom. The standard InChI is InChI=1S/C12H22BrNO/c1-12(2)6-5-11(15-12)9-14(8-7-13)10-3-4-10/h10-11H,3-9H2,1-2H3. The van der Waals surface area contributed by atoms with Crippen LogP contribution in [0.3, 0.4) is 0 Å². The molecule has 2 fully saturated rings. The summed E-state index contributed by atoms with van der Waals surface area (Å²) in [6.45, 7) is 6.72. The zero-order valence-electron chi connectivity index (χ0n) is 9.84. The van der Waals surface area contributed by atoms with Crippen molar-refractivity contribution in [2.24, 2.45) is 0 Å². The smallest absolute Gasteiger partial charge is 0.0710 e. The molecule has 2 aliphatic rings. The van der Waals surface area contributed by atoms with Crippen molar-refractivity contribution in [3.05, 3.63) is 0 Å². The SMILES string of the molecule is CC1(C)CCC(CN(CCBr)C2CC2)O1. The largest absolute Gasteiger partial charge is 0.371 e. The molecule has 0 aromatic carbocycles. The van der Waals surface area contributed by atoms with Crippen LogP contribution >= 0.6 is 15.9 Å². The third kappa shape index (κ3) is 3.43. The summed E-state index contributed by atoms with van der Waals surface area (Å²) in [7, 11) is 0. The maximum atomic E-state index is 6.05. The van der Waals surface area contributed by atoms with E-state index in [1.165, 1.54) is 32.2 Å². The van der Waals surface area contributed by atoms with Crippen LogP contribution in [0.5, 0.6) is 0 Å². The molecule has 1 atom stereocenters. The Balaban J connectivity index is 1.79. The second-order valence-electron chi connectivity index (χ2n) is 5.45. The van der Waals surface area contributed by atoms with Crippen LogP contribution in [0.4, 0.5) is 0 Å². The van der Waals surface area contributed by atoms with Crippen LogP contribution in [0.1, 0.15) is 39.5 Å². The van der Waals surface area contributed by atoms with Gasteiger partial charge < -0.3 is 4.74 Å². The molecule has 1 saturated heterocycles. The number of nitrogens with zero attached hydrogens (tertiary/aromatic N) is 1. The Hall–Kier alpha value is 0.400. The number of halogens is 1. The molecular weight excluding hydrogens is 254 g/mol. The zero-order valence-corrected chi connectivity index (χ0v) is 11.4. The predicted molar refractivity (Wildman–Crippen MR) is 66.6 cm³/mol. The Morgan fingerprint density at radius 1 is 1.33 bits per heavy atom. The van der Waals surface area contributed by atoms with Crippen LogP contribution < -0.4 is 0 Å². The van der Waals surface area contributed by atoms with Gasteiger partial charge in [-0.25, -0.2) is 0 Å². The van der Waals surface area contributed by atoms with Gasteiger partial charge in [-0.05, 0) is 39.5 Å². The minimum Gasteiger partial charge on any atom is -0.371 e. The van der Waals surface area contributed by atoms with Crippen molar-refractivity contribution in [3.8, 4) is 0 Å². The van der Waals surface area contributed by atoms with Crippen molar-refractivity contribution in [1.82, 2.24) is 4.90 Å². The molecule has 0 N–H and O–H groups in total. The van der Waals surface area contributed by atoms with Gasteiger partial charge in [0, 0.05) is 24.5 Å². The number of ether oxygens (including phenoxy) is 1. The van der Waals surface area contributed by atoms with Gasteiger partial charge in [-0.2, -0.15) is 0 Å². The van der Waals surface area contributed by atoms with Crippen LogP contribution in [0.25, 0.3) is 0 Å². The minimum absolute atomic E-state index is 0.119. The first-order valence-electron chi connectivity index (χ1n) is 6.08. The van der Waals surface area contributed by atoms with E-state index in [0.29, 0.717) is 6.10 Å². The maximum absolute atomic E-state index is 6.05. The average Bonchev–Trinajstić information content (AvgIpc) is 2.92. The highest BCUT2D eigenvalue weighted by molar-refractivity contribution is 9.09. The second kappa shape index (κ2) is 4.72. The van der Waals surface area contributed by atoms with E-state index < -0.39 is 0 Å². The first kappa shape index (κ1) is 11.9. The van der Waals surface area contributed by atoms with Gasteiger partial charge in [-0.1, -0.05) is 15.9 Å². The number of alkyl halides is 1. The molecule has 1 saturated carbocycles. The summed E-state index contributed by atoms with van der Waals surface area (Å²) in [4.78, 5) is 2.60. The topological polar surface area (TPSA) is 12.5 Å². The van der Waals surface area contributed by atoms with Gasteiger partial charge >= 0.3 is 0 Å². The van der Waals surface area contributed by atoms with Crippen molar-refractivity contribution >= 4 is 15.9 Å². The van der Waals surface area contributed by atoms with Crippen molar-refractivity contribution in [2.75, 3.05) is 18.4 Å². The molecule has 15 heavy (non-hydrogen) atoms. The third-order valence-electron chi connectivity index (χ3n) is 3.43. The van der Waals surface area contributed by atoms with Crippen molar-refractivity contribution in [3.63, 3.8) is 0 Å². The van der Waals surface area contributed by atoms with E-state index in [0.717, 1.165) is 17.9 Å². The summed E-state index contributed by atoms with van der Waals surface area (Å²) in [5.74, 6) is 0. The highest BCUT2D eigenvalue weighted by Crippen LogP contribution is 2.32. The maximum Gasteiger partial charge on any atom is 0.0710 e. The van der Waals surface area contributed by atoms with Crippen molar-refractivity contribution in [1.29, 1.82) is 0 Å². The highest BCUT2D eigenvalue weighted by Gasteiger charge is 2.35. The minimum atomic E-state index is 0.119. The number of rotatable bonds is 5. The van der Waals surface area contributed by atoms with Gasteiger partial charge in [0.25, 0.3) is 0 Å². The Morgan fingerprint density at radius 2 is 2.07 bits per heavy atom. The quantitative estimate of drug-likeness (QED) is 0.716. The lowest BCUT2D eigenvalue weighted by Crippen LogP contribution is -2.36. The molecule has 0 aromatic rings. The van der Waals surface area contributed by atoms with Crippen molar-refractivity contribution < 1.29 is 4.74 Å². The van der Waals surface area contributed by atoms with Gasteiger partial charge in [-0.15, -0.1) is 0 Å². The molecular formula is C12H22BrNO. The van der Waals surface area contributed by atoms with Gasteiger partial charge in [0.2, 0.25) is 0 Å². The third-order valence-corrected chi connectivity index (χ3v) is 3.78. The Bertz CT molecular complexity index is 216. The number of hydrogen-bond acceptors (Lipinski definition) is 2. The summed E-state index contributed by atoms with van der Waals surface area (Å²) < 4.78 is 6.05. The fraction of sp³-hybridized carbons (Fsp3) is 1.00. The molecule has 0 radical (unpaired) electrons. The van der Waals surface area contributed by atoms with E-state index >= 15 is 0 Å². The molecule has 0 amide bonds. The van der Waals surface area contributed by atoms with Crippen LogP contribution in [-0.4, -0.2) is 41.1 Å². The molecule has 1 heterocycles. The van der Waals surface area contributed by atoms with Crippen LogP contribution in [0, 0.1) is 0 Å². The summed E-state index contributed by atoms with van der Waals surface area (Å²) in [6, 6.07) is 0.856. The molecule has 2 nitrogen and oxygen atoms in total. The van der Waals surface area contributed by atoms with E-state index in [-0.39, 0.29) is 5.60 Å². The summed E-state index contributed by atoms with van der Waals surface area (Å²) in [5, 5.41) is 1.08. The molecule has 0 aromatic heterocycles. The summed E-state index contributed by atoms with van der Waals surface area (Å²) >= 11 is 3.54. The van der Waals surface area contributed by atoms with E-state index in [1.807, 2.05) is 0 Å². The Kier molecular flexibility index (Phi) is 3.74. The van der Waals surface area contributed by atoms with Gasteiger partial charge in [0.15, 0.2) is 0 Å². The monoisotopic (exact) mass is 275 g/mol. The van der Waals surface area contributed by atoms with Gasteiger partial charge in [0.05, 0.1) is 11.7 Å². The molecule has 0 spiro atoms. The van der Waals surface area contributed by atoms with Crippen LogP contribution in [-0.2, 0) is 4.74 Å². The van der Waals surface area contributed by atoms with E-state index in [1.54, 1.807) is 0 Å². The molecule has 1 aliphatic heterocycles. The molecule has 88 valence electrons. The average molecular weight is 276 g/mol. The lowest BCUT2D eigenvalue weighted by molar-refractivity contribution is -0.0289. The van der Waals surface area contributed by atoms with Crippen LogP contribution in [0.15, 0.2) is 0 Å². The fourth-order valence-corrected chi connectivity index (χ4v) is 2.89. The van der Waals surface area contributed by atoms with Crippen molar-refractivity contribution in [2.45, 2.75) is 57.3 Å². The van der Waals surface area contributed by atoms with Crippen LogP contribution in [0.2, 0.25) is 0 Å². The molecule has 3 heteroatoms. The first-order valence-corrected chi connectivity index (χ1v) is 7.21. The number of hydrogen-bond donors (Lipinski definition) is 0. The normalized spacial score (nSPS) is 30.0. The lowest BCUT2D eigenvalue weighted by atomic mass is 10.1. The van der Waals surface area contributed by atoms with Gasteiger partial charge in [0.1, 0.15) is 0 Å². The van der Waals surface area contributed by atoms with E-state index in [4.69, 9.17) is 4.74 Å². The second-order valence-corrected chi connectivity index (χ2v) is 6.25. The summed E-state index contributed by atoms with van der Waals surface area (Å²) in [6.07, 6.45) is 5.70. The highest BCUT2D eigenvalue weighted by atomic mass is 79.9. The molecule has 2 rings (SSSR count). The summed E-state index contributed by atoms with van der Waals surface area (Å²) in [5.41, 5.74) is 0.119. The molecule has 1 unspecified atom stereocenters.